The Morgan fingerprint density at radius 1 is 1.29 bits per heavy atom. The van der Waals surface area contributed by atoms with Crippen LogP contribution in [-0.4, -0.2) is 19.5 Å². The summed E-state index contributed by atoms with van der Waals surface area (Å²) in [7, 11) is 1.63. The molecule has 3 nitrogen and oxygen atoms in total. The third-order valence-corrected chi connectivity index (χ3v) is 3.89. The van der Waals surface area contributed by atoms with Crippen LogP contribution in [0.25, 0.3) is 0 Å². The van der Waals surface area contributed by atoms with E-state index in [1.54, 1.807) is 7.11 Å². The van der Waals surface area contributed by atoms with Crippen molar-refractivity contribution in [3.8, 4) is 11.5 Å². The number of ether oxygens (including phenoxy) is 2. The summed E-state index contributed by atoms with van der Waals surface area (Å²) >= 11 is 0. The van der Waals surface area contributed by atoms with Gasteiger partial charge in [0, 0.05) is 17.5 Å². The zero-order chi connectivity index (χ0) is 14.8. The smallest absolute Gasteiger partial charge is 0.148 e. The Balaban J connectivity index is 1.83. The molecule has 0 spiro atoms. The minimum absolute atomic E-state index is 0.170. The summed E-state index contributed by atoms with van der Waals surface area (Å²) in [5.74, 6) is 1.59. The van der Waals surface area contributed by atoms with Crippen LogP contribution in [0.2, 0.25) is 0 Å². The Hall–Kier alpha value is -2.29. The molecule has 1 heterocycles. The number of hydrogen-bond donors (Lipinski definition) is 0. The minimum Gasteiger partial charge on any atom is -0.496 e. The fraction of sp³-hybridized carbons (Fsp3) is 0.278. The predicted molar refractivity (Wildman–Crippen MR) is 81.1 cm³/mol. The van der Waals surface area contributed by atoms with E-state index in [0.717, 1.165) is 28.2 Å². The zero-order valence-electron chi connectivity index (χ0n) is 12.3. The molecule has 0 saturated heterocycles. The van der Waals surface area contributed by atoms with Gasteiger partial charge in [-0.1, -0.05) is 35.9 Å². The van der Waals surface area contributed by atoms with E-state index in [0.29, 0.717) is 13.0 Å². The quantitative estimate of drug-likeness (QED) is 0.863. The van der Waals surface area contributed by atoms with Crippen molar-refractivity contribution in [1.29, 1.82) is 0 Å². The number of hydrogen-bond acceptors (Lipinski definition) is 3. The lowest BCUT2D eigenvalue weighted by atomic mass is 9.92. The summed E-state index contributed by atoms with van der Waals surface area (Å²) in [6.07, 6.45) is 0.368. The van der Waals surface area contributed by atoms with Crippen LogP contribution in [0.1, 0.15) is 22.6 Å². The molecule has 0 radical (unpaired) electrons. The van der Waals surface area contributed by atoms with Crippen molar-refractivity contribution < 1.29 is 14.3 Å². The molecular formula is C18H18O3. The maximum atomic E-state index is 12.6. The molecule has 0 aliphatic carbocycles. The SMILES string of the molecule is COc1ccc(C)cc1CC(=O)C1COc2ccccc21. The van der Waals surface area contributed by atoms with Crippen LogP contribution in [0.5, 0.6) is 11.5 Å². The van der Waals surface area contributed by atoms with E-state index in [1.807, 2.05) is 49.4 Å². The maximum Gasteiger partial charge on any atom is 0.148 e. The molecule has 3 rings (SSSR count). The first-order valence-electron chi connectivity index (χ1n) is 7.07. The van der Waals surface area contributed by atoms with Crippen LogP contribution in [0, 0.1) is 6.92 Å². The normalized spacial score (nSPS) is 16.2. The van der Waals surface area contributed by atoms with E-state index in [4.69, 9.17) is 9.47 Å². The van der Waals surface area contributed by atoms with Gasteiger partial charge < -0.3 is 9.47 Å². The van der Waals surface area contributed by atoms with Crippen molar-refractivity contribution in [1.82, 2.24) is 0 Å². The van der Waals surface area contributed by atoms with Crippen LogP contribution >= 0.6 is 0 Å². The van der Waals surface area contributed by atoms with Gasteiger partial charge in [-0.2, -0.15) is 0 Å². The van der Waals surface area contributed by atoms with Gasteiger partial charge >= 0.3 is 0 Å². The monoisotopic (exact) mass is 282 g/mol. The summed E-state index contributed by atoms with van der Waals surface area (Å²) in [5, 5.41) is 0. The van der Waals surface area contributed by atoms with E-state index in [1.165, 1.54) is 0 Å². The Morgan fingerprint density at radius 2 is 2.10 bits per heavy atom. The highest BCUT2D eigenvalue weighted by molar-refractivity contribution is 5.89. The molecule has 1 unspecified atom stereocenters. The van der Waals surface area contributed by atoms with E-state index in [9.17, 15) is 4.79 Å². The molecule has 1 aliphatic heterocycles. The van der Waals surface area contributed by atoms with Gasteiger partial charge in [-0.15, -0.1) is 0 Å². The molecule has 1 aliphatic rings. The first kappa shape index (κ1) is 13.7. The number of fused-ring (bicyclic) bond motifs is 1. The molecule has 1 atom stereocenters. The summed E-state index contributed by atoms with van der Waals surface area (Å²) < 4.78 is 10.9. The second-order valence-electron chi connectivity index (χ2n) is 5.36. The average Bonchev–Trinajstić information content (AvgIpc) is 2.91. The van der Waals surface area contributed by atoms with Crippen LogP contribution < -0.4 is 9.47 Å². The third kappa shape index (κ3) is 2.64. The Morgan fingerprint density at radius 3 is 2.90 bits per heavy atom. The molecule has 2 aromatic carbocycles. The number of Topliss-reactive ketones (excluding diaryl/α,β-unsaturated/α-hetero) is 1. The summed E-state index contributed by atoms with van der Waals surface area (Å²) in [4.78, 5) is 12.6. The van der Waals surface area contributed by atoms with Crippen molar-refractivity contribution in [3.63, 3.8) is 0 Å². The lowest BCUT2D eigenvalue weighted by molar-refractivity contribution is -0.120. The fourth-order valence-electron chi connectivity index (χ4n) is 2.79. The highest BCUT2D eigenvalue weighted by atomic mass is 16.5. The van der Waals surface area contributed by atoms with Gasteiger partial charge in [-0.25, -0.2) is 0 Å². The van der Waals surface area contributed by atoms with E-state index < -0.39 is 0 Å². The molecule has 21 heavy (non-hydrogen) atoms. The topological polar surface area (TPSA) is 35.5 Å². The standard InChI is InChI=1S/C18H18O3/c1-12-7-8-17(20-2)13(9-12)10-16(19)15-11-21-18-6-4-3-5-14(15)18/h3-9,15H,10-11H2,1-2H3. The van der Waals surface area contributed by atoms with Crippen LogP contribution in [0.15, 0.2) is 42.5 Å². The van der Waals surface area contributed by atoms with Gasteiger partial charge in [-0.05, 0) is 19.1 Å². The third-order valence-electron chi connectivity index (χ3n) is 3.89. The number of methoxy groups -OCH3 is 1. The van der Waals surface area contributed by atoms with Gasteiger partial charge in [-0.3, -0.25) is 4.79 Å². The number of carbonyl (C=O) groups is 1. The van der Waals surface area contributed by atoms with Crippen molar-refractivity contribution in [2.45, 2.75) is 19.3 Å². The molecule has 0 bridgehead atoms. The molecule has 3 heteroatoms. The molecule has 0 aromatic heterocycles. The van der Waals surface area contributed by atoms with Gasteiger partial charge in [0.1, 0.15) is 23.9 Å². The zero-order valence-corrected chi connectivity index (χ0v) is 12.3. The predicted octanol–water partition coefficient (Wildman–Crippen LogP) is 3.29. The maximum absolute atomic E-state index is 12.6. The van der Waals surface area contributed by atoms with Gasteiger partial charge in [0.05, 0.1) is 13.0 Å². The number of carbonyl (C=O) groups excluding carboxylic acids is 1. The van der Waals surface area contributed by atoms with Gasteiger partial charge in [0.15, 0.2) is 0 Å². The Kier molecular flexibility index (Phi) is 3.65. The van der Waals surface area contributed by atoms with Crippen molar-refractivity contribution >= 4 is 5.78 Å². The molecular weight excluding hydrogens is 264 g/mol. The first-order chi connectivity index (χ1) is 10.2. The molecule has 2 aromatic rings. The number of ketones is 1. The van der Waals surface area contributed by atoms with Crippen molar-refractivity contribution in [2.75, 3.05) is 13.7 Å². The second-order valence-corrected chi connectivity index (χ2v) is 5.36. The van der Waals surface area contributed by atoms with E-state index in [-0.39, 0.29) is 11.7 Å². The highest BCUT2D eigenvalue weighted by Crippen LogP contribution is 2.35. The van der Waals surface area contributed by atoms with Gasteiger partial charge in [0.2, 0.25) is 0 Å². The summed E-state index contributed by atoms with van der Waals surface area (Å²) in [5.41, 5.74) is 3.06. The fourth-order valence-corrected chi connectivity index (χ4v) is 2.79. The van der Waals surface area contributed by atoms with Crippen LogP contribution in [0.4, 0.5) is 0 Å². The van der Waals surface area contributed by atoms with Crippen LogP contribution in [-0.2, 0) is 11.2 Å². The summed E-state index contributed by atoms with van der Waals surface area (Å²) in [6.45, 7) is 2.45. The summed E-state index contributed by atoms with van der Waals surface area (Å²) in [6, 6.07) is 13.7. The highest BCUT2D eigenvalue weighted by Gasteiger charge is 2.30. The second kappa shape index (κ2) is 5.60. The number of aryl methyl sites for hydroxylation is 1. The Labute approximate surface area is 124 Å². The minimum atomic E-state index is -0.175. The van der Waals surface area contributed by atoms with Crippen LogP contribution in [0.3, 0.4) is 0 Å². The largest absolute Gasteiger partial charge is 0.496 e. The Bertz CT molecular complexity index is 676. The molecule has 0 amide bonds. The molecule has 0 N–H and O–H groups in total. The molecule has 108 valence electrons. The van der Waals surface area contributed by atoms with E-state index >= 15 is 0 Å². The van der Waals surface area contributed by atoms with Gasteiger partial charge in [0.25, 0.3) is 0 Å². The molecule has 0 saturated carbocycles. The van der Waals surface area contributed by atoms with Crippen molar-refractivity contribution in [3.05, 3.63) is 59.2 Å². The lowest BCUT2D eigenvalue weighted by Crippen LogP contribution is -2.16. The number of rotatable bonds is 4. The number of benzene rings is 2. The lowest BCUT2D eigenvalue weighted by Gasteiger charge is -2.12. The average molecular weight is 282 g/mol. The first-order valence-corrected chi connectivity index (χ1v) is 7.07. The van der Waals surface area contributed by atoms with Crippen molar-refractivity contribution in [2.24, 2.45) is 0 Å². The number of para-hydroxylation sites is 1. The molecule has 0 fully saturated rings. The van der Waals surface area contributed by atoms with E-state index in [2.05, 4.69) is 0 Å².